The van der Waals surface area contributed by atoms with Crippen molar-refractivity contribution >= 4 is 21.6 Å². The average molecular weight is 455 g/mol. The molecule has 0 heterocycles. The molecular weight excluding hydrogens is 427 g/mol. The number of benzene rings is 3. The maximum Gasteiger partial charge on any atom is 0.264 e. The first-order valence-corrected chi connectivity index (χ1v) is 11.9. The first-order valence-electron chi connectivity index (χ1n) is 10.4. The molecule has 0 saturated heterocycles. The van der Waals surface area contributed by atoms with Crippen molar-refractivity contribution in [1.82, 2.24) is 5.32 Å². The Labute approximate surface area is 188 Å². The number of hydrogen-bond donors (Lipinski definition) is 1. The lowest BCUT2D eigenvalue weighted by molar-refractivity contribution is -0.120. The second kappa shape index (κ2) is 9.96. The SMILES string of the molecule is CCC(NC(=O)CN(c1ccccc1F)S(=O)(=O)c1ccccc1)c1ccc(C)cc1C. The Morgan fingerprint density at radius 1 is 1.00 bits per heavy atom. The van der Waals surface area contributed by atoms with E-state index in [1.54, 1.807) is 18.2 Å². The summed E-state index contributed by atoms with van der Waals surface area (Å²) >= 11 is 0. The molecule has 5 nitrogen and oxygen atoms in total. The molecule has 0 aliphatic rings. The van der Waals surface area contributed by atoms with Crippen molar-refractivity contribution in [2.75, 3.05) is 10.8 Å². The molecule has 3 aromatic carbocycles. The minimum Gasteiger partial charge on any atom is -0.348 e. The summed E-state index contributed by atoms with van der Waals surface area (Å²) in [5.41, 5.74) is 2.95. The first kappa shape index (κ1) is 23.5. The highest BCUT2D eigenvalue weighted by molar-refractivity contribution is 7.92. The van der Waals surface area contributed by atoms with Crippen molar-refractivity contribution in [1.29, 1.82) is 0 Å². The van der Waals surface area contributed by atoms with Crippen LogP contribution in [-0.2, 0) is 14.8 Å². The van der Waals surface area contributed by atoms with Crippen LogP contribution in [0.15, 0.2) is 77.7 Å². The van der Waals surface area contributed by atoms with Crippen LogP contribution in [0.2, 0.25) is 0 Å². The molecule has 1 N–H and O–H groups in total. The van der Waals surface area contributed by atoms with Gasteiger partial charge in [0.2, 0.25) is 5.91 Å². The third-order valence-corrected chi connectivity index (χ3v) is 7.06. The van der Waals surface area contributed by atoms with Crippen LogP contribution in [0.3, 0.4) is 0 Å². The van der Waals surface area contributed by atoms with Crippen molar-refractivity contribution in [3.8, 4) is 0 Å². The van der Waals surface area contributed by atoms with Gasteiger partial charge in [-0.15, -0.1) is 0 Å². The second-order valence-electron chi connectivity index (χ2n) is 7.66. The van der Waals surface area contributed by atoms with Gasteiger partial charge in [-0.25, -0.2) is 12.8 Å². The average Bonchev–Trinajstić information content (AvgIpc) is 2.77. The predicted octanol–water partition coefficient (Wildman–Crippen LogP) is 4.91. The fraction of sp³-hybridized carbons (Fsp3) is 0.240. The normalized spacial score (nSPS) is 12.2. The molecule has 0 fully saturated rings. The summed E-state index contributed by atoms with van der Waals surface area (Å²) in [5, 5.41) is 2.92. The predicted molar refractivity (Wildman–Crippen MR) is 124 cm³/mol. The van der Waals surface area contributed by atoms with Crippen LogP contribution in [0.25, 0.3) is 0 Å². The molecular formula is C25H27FN2O3S. The number of sulfonamides is 1. The minimum atomic E-state index is -4.16. The summed E-state index contributed by atoms with van der Waals surface area (Å²) < 4.78 is 42.0. The first-order chi connectivity index (χ1) is 15.2. The van der Waals surface area contributed by atoms with Crippen LogP contribution >= 0.6 is 0 Å². The van der Waals surface area contributed by atoms with Gasteiger partial charge in [-0.1, -0.05) is 61.0 Å². The van der Waals surface area contributed by atoms with E-state index in [9.17, 15) is 17.6 Å². The van der Waals surface area contributed by atoms with Crippen molar-refractivity contribution in [3.05, 3.63) is 95.3 Å². The maximum absolute atomic E-state index is 14.6. The number of halogens is 1. The Morgan fingerprint density at radius 2 is 1.66 bits per heavy atom. The minimum absolute atomic E-state index is 0.0162. The zero-order valence-corrected chi connectivity index (χ0v) is 19.2. The van der Waals surface area contributed by atoms with Crippen LogP contribution < -0.4 is 9.62 Å². The van der Waals surface area contributed by atoms with Crippen LogP contribution in [0.1, 0.15) is 36.1 Å². The molecule has 0 aromatic heterocycles. The van der Waals surface area contributed by atoms with E-state index in [0.29, 0.717) is 6.42 Å². The zero-order valence-electron chi connectivity index (χ0n) is 18.4. The topological polar surface area (TPSA) is 66.5 Å². The lowest BCUT2D eigenvalue weighted by atomic mass is 9.97. The zero-order chi connectivity index (χ0) is 23.3. The van der Waals surface area contributed by atoms with E-state index in [1.807, 2.05) is 39.0 Å². The molecule has 3 rings (SSSR count). The third-order valence-electron chi connectivity index (χ3n) is 5.28. The lowest BCUT2D eigenvalue weighted by Gasteiger charge is -2.26. The largest absolute Gasteiger partial charge is 0.348 e. The number of para-hydroxylation sites is 1. The number of rotatable bonds is 8. The fourth-order valence-electron chi connectivity index (χ4n) is 3.66. The van der Waals surface area contributed by atoms with Crippen LogP contribution in [0.4, 0.5) is 10.1 Å². The summed E-state index contributed by atoms with van der Waals surface area (Å²) in [7, 11) is -4.16. The highest BCUT2D eigenvalue weighted by Gasteiger charge is 2.29. The van der Waals surface area contributed by atoms with E-state index in [2.05, 4.69) is 5.32 Å². The third kappa shape index (κ3) is 5.16. The molecule has 1 amide bonds. The maximum atomic E-state index is 14.6. The van der Waals surface area contributed by atoms with E-state index in [4.69, 9.17) is 0 Å². The Hall–Kier alpha value is -3.19. The Bertz CT molecular complexity index is 1200. The Morgan fingerprint density at radius 3 is 2.28 bits per heavy atom. The highest BCUT2D eigenvalue weighted by Crippen LogP contribution is 2.27. The van der Waals surface area contributed by atoms with Crippen molar-refractivity contribution < 1.29 is 17.6 Å². The number of hydrogen-bond acceptors (Lipinski definition) is 3. The molecule has 3 aromatic rings. The molecule has 168 valence electrons. The molecule has 0 aliphatic heterocycles. The van der Waals surface area contributed by atoms with Gasteiger partial charge in [-0.3, -0.25) is 9.10 Å². The number of aryl methyl sites for hydroxylation is 2. The fourth-order valence-corrected chi connectivity index (χ4v) is 5.11. The standard InChI is InChI=1S/C25H27FN2O3S/c1-4-23(21-15-14-18(2)16-19(21)3)27-25(29)17-28(24-13-9-8-12-22(24)26)32(30,31)20-10-6-5-7-11-20/h5-16,23H,4,17H2,1-3H3,(H,27,29). The number of nitrogens with zero attached hydrogens (tertiary/aromatic N) is 1. The van der Waals surface area contributed by atoms with Gasteiger partial charge in [-0.05, 0) is 55.7 Å². The van der Waals surface area contributed by atoms with Gasteiger partial charge in [0.25, 0.3) is 10.0 Å². The molecule has 1 atom stereocenters. The second-order valence-corrected chi connectivity index (χ2v) is 9.53. The molecule has 7 heteroatoms. The van der Waals surface area contributed by atoms with Gasteiger partial charge in [0.05, 0.1) is 16.6 Å². The highest BCUT2D eigenvalue weighted by atomic mass is 32.2. The van der Waals surface area contributed by atoms with Crippen molar-refractivity contribution in [2.24, 2.45) is 0 Å². The molecule has 32 heavy (non-hydrogen) atoms. The summed E-state index contributed by atoms with van der Waals surface area (Å²) in [5.74, 6) is -1.24. The number of carbonyl (C=O) groups excluding carboxylic acids is 1. The summed E-state index contributed by atoms with van der Waals surface area (Å²) in [6, 6.07) is 18.9. The van der Waals surface area contributed by atoms with E-state index in [0.717, 1.165) is 21.0 Å². The van der Waals surface area contributed by atoms with Gasteiger partial charge in [0.15, 0.2) is 0 Å². The van der Waals surface area contributed by atoms with Gasteiger partial charge in [0, 0.05) is 0 Å². The number of carbonyl (C=O) groups is 1. The number of nitrogens with one attached hydrogen (secondary N) is 1. The van der Waals surface area contributed by atoms with Crippen molar-refractivity contribution in [3.63, 3.8) is 0 Å². The smallest absolute Gasteiger partial charge is 0.264 e. The van der Waals surface area contributed by atoms with E-state index in [-0.39, 0.29) is 16.6 Å². The molecule has 0 bridgehead atoms. The lowest BCUT2D eigenvalue weighted by Crippen LogP contribution is -2.42. The molecule has 1 unspecified atom stereocenters. The van der Waals surface area contributed by atoms with Gasteiger partial charge in [0.1, 0.15) is 12.4 Å². The molecule has 0 aliphatic carbocycles. The number of amides is 1. The van der Waals surface area contributed by atoms with Crippen LogP contribution in [0.5, 0.6) is 0 Å². The quantitative estimate of drug-likeness (QED) is 0.526. The monoisotopic (exact) mass is 454 g/mol. The number of anilines is 1. The van der Waals surface area contributed by atoms with Gasteiger partial charge < -0.3 is 5.32 Å². The summed E-state index contributed by atoms with van der Waals surface area (Å²) in [4.78, 5) is 13.0. The molecule has 0 radical (unpaired) electrons. The molecule has 0 spiro atoms. The van der Waals surface area contributed by atoms with Gasteiger partial charge in [-0.2, -0.15) is 0 Å². The summed E-state index contributed by atoms with van der Waals surface area (Å²) in [6.45, 7) is 5.37. The molecule has 0 saturated carbocycles. The van der Waals surface area contributed by atoms with Crippen molar-refractivity contribution in [2.45, 2.75) is 38.1 Å². The van der Waals surface area contributed by atoms with E-state index < -0.39 is 28.3 Å². The van der Waals surface area contributed by atoms with Crippen LogP contribution in [-0.4, -0.2) is 20.9 Å². The van der Waals surface area contributed by atoms with E-state index in [1.165, 1.54) is 36.4 Å². The van der Waals surface area contributed by atoms with E-state index >= 15 is 0 Å². The Kier molecular flexibility index (Phi) is 7.30. The Balaban J connectivity index is 1.93. The van der Waals surface area contributed by atoms with Crippen LogP contribution in [0, 0.1) is 19.7 Å². The summed E-state index contributed by atoms with van der Waals surface area (Å²) in [6.07, 6.45) is 0.626. The van der Waals surface area contributed by atoms with Gasteiger partial charge >= 0.3 is 0 Å².